The molecule has 2 N–H and O–H groups in total. The molecule has 0 fully saturated rings. The molecule has 3 nitrogen and oxygen atoms in total. The number of hydrogen-bond acceptors (Lipinski definition) is 3. The van der Waals surface area contributed by atoms with Gasteiger partial charge < -0.3 is 11.0 Å². The first-order valence-corrected chi connectivity index (χ1v) is 4.45. The minimum Gasteiger partial charge on any atom is -0.870 e. The summed E-state index contributed by atoms with van der Waals surface area (Å²) in [6, 6.07) is 7.09. The zero-order chi connectivity index (χ0) is 7.56. The van der Waals surface area contributed by atoms with Crippen molar-refractivity contribution >= 4 is 24.5 Å². The van der Waals surface area contributed by atoms with Crippen LogP contribution in [-0.4, -0.2) is 29.6 Å². The molecular weight excluding hydrogens is 175 g/mol. The maximum absolute atomic E-state index is 10.9. The number of hydrogen-bond donors (Lipinski definition) is 0. The summed E-state index contributed by atoms with van der Waals surface area (Å²) >= 11 is -0.919. The van der Waals surface area contributed by atoms with E-state index in [0.717, 1.165) is 4.90 Å². The molecule has 0 aliphatic carbocycles. The van der Waals surface area contributed by atoms with Crippen LogP contribution in [0.25, 0.3) is 0 Å². The number of benzene rings is 1. The summed E-state index contributed by atoms with van der Waals surface area (Å²) in [6.45, 7) is 0. The van der Waals surface area contributed by atoms with E-state index < -0.39 is 11.2 Å². The largest absolute Gasteiger partial charge is 0.870 e. The Bertz CT molecular complexity index is 230. The second-order valence-electron chi connectivity index (χ2n) is 2.03. The normalized spacial score (nSPS) is 11.0. The molecule has 1 aromatic carbocycles. The van der Waals surface area contributed by atoms with E-state index in [1.807, 2.05) is 0 Å². The molecule has 1 atom stereocenters. The van der Waals surface area contributed by atoms with Crippen LogP contribution in [-0.2, 0) is 11.2 Å². The monoisotopic (exact) mass is 184 g/mol. The third kappa shape index (κ3) is 3.78. The fourth-order valence-corrected chi connectivity index (χ4v) is 1.27. The van der Waals surface area contributed by atoms with Gasteiger partial charge in [0.05, 0.1) is 0 Å². The summed E-state index contributed by atoms with van der Waals surface area (Å²) in [5.74, 6) is 0. The van der Waals surface area contributed by atoms with Crippen molar-refractivity contribution in [3.05, 3.63) is 24.3 Å². The Morgan fingerprint density at radius 3 is 2.25 bits per heavy atom. The van der Waals surface area contributed by atoms with E-state index in [9.17, 15) is 4.55 Å². The molecule has 1 aromatic rings. The van der Waals surface area contributed by atoms with Gasteiger partial charge in [-0.25, -0.2) is 0 Å². The Morgan fingerprint density at radius 1 is 1.33 bits per heavy atom. The molecule has 0 aliphatic rings. The molecule has 0 saturated carbocycles. The van der Waals surface area contributed by atoms with Crippen molar-refractivity contribution in [3.8, 4) is 0 Å². The van der Waals surface area contributed by atoms with Gasteiger partial charge in [0.15, 0.2) is 0 Å². The average Bonchev–Trinajstić information content (AvgIpc) is 1.88. The molecule has 0 heterocycles. The van der Waals surface area contributed by atoms with Crippen LogP contribution in [0.3, 0.4) is 0 Å². The van der Waals surface area contributed by atoms with E-state index in [0.29, 0.717) is 5.46 Å². The molecule has 0 aliphatic heterocycles. The van der Waals surface area contributed by atoms with Gasteiger partial charge in [0.25, 0.3) is 0 Å². The van der Waals surface area contributed by atoms with Gasteiger partial charge in [0.1, 0.15) is 0 Å². The van der Waals surface area contributed by atoms with E-state index in [1.165, 1.54) is 0 Å². The Hall–Kier alpha value is -0.485. The molecule has 0 saturated heterocycles. The maximum atomic E-state index is 10.9. The Kier molecular flexibility index (Phi) is 7.12. The molecule has 0 bridgehead atoms. The molecule has 1 rings (SSSR count). The SMILES string of the molecule is [B+2]c1cccc([S+](C)[O-])c1.[OH-].[OH-]. The van der Waals surface area contributed by atoms with Crippen molar-refractivity contribution < 1.29 is 15.5 Å². The predicted octanol–water partition coefficient (Wildman–Crippen LogP) is -0.136. The third-order valence-corrected chi connectivity index (χ3v) is 2.11. The molecule has 0 radical (unpaired) electrons. The van der Waals surface area contributed by atoms with E-state index >= 15 is 0 Å². The fraction of sp³-hybridized carbons (Fsp3) is 0.143. The van der Waals surface area contributed by atoms with Crippen LogP contribution in [0.1, 0.15) is 0 Å². The van der Waals surface area contributed by atoms with Crippen molar-refractivity contribution in [2.45, 2.75) is 4.90 Å². The van der Waals surface area contributed by atoms with Gasteiger partial charge >= 0.3 is 64.5 Å². The van der Waals surface area contributed by atoms with Crippen LogP contribution >= 0.6 is 0 Å². The van der Waals surface area contributed by atoms with Gasteiger partial charge in [0.2, 0.25) is 0 Å². The fourth-order valence-electron chi connectivity index (χ4n) is 0.693. The van der Waals surface area contributed by atoms with Gasteiger partial charge in [0, 0.05) is 0 Å². The summed E-state index contributed by atoms with van der Waals surface area (Å²) < 4.78 is 10.9. The molecule has 0 amide bonds. The van der Waals surface area contributed by atoms with Crippen LogP contribution in [0.15, 0.2) is 29.2 Å². The van der Waals surface area contributed by atoms with Gasteiger partial charge in [-0.05, 0) is 0 Å². The summed E-state index contributed by atoms with van der Waals surface area (Å²) in [6.07, 6.45) is 1.63. The second-order valence-corrected chi connectivity index (χ2v) is 3.41. The van der Waals surface area contributed by atoms with Crippen LogP contribution in [0.4, 0.5) is 0 Å². The Balaban J connectivity index is 0. The first-order valence-electron chi connectivity index (χ1n) is 2.89. The van der Waals surface area contributed by atoms with E-state index in [1.54, 1.807) is 30.5 Å². The van der Waals surface area contributed by atoms with Crippen molar-refractivity contribution in [2.75, 3.05) is 6.26 Å². The number of rotatable bonds is 1. The van der Waals surface area contributed by atoms with Crippen molar-refractivity contribution in [3.63, 3.8) is 0 Å². The topological polar surface area (TPSA) is 83.1 Å². The summed E-state index contributed by atoms with van der Waals surface area (Å²) in [5, 5.41) is 0. The van der Waals surface area contributed by atoms with Gasteiger partial charge in [-0.1, -0.05) is 0 Å². The first kappa shape index (κ1) is 14.1. The molecule has 0 aromatic heterocycles. The van der Waals surface area contributed by atoms with Gasteiger partial charge in [-0.2, -0.15) is 0 Å². The molecule has 64 valence electrons. The third-order valence-electron chi connectivity index (χ3n) is 1.19. The van der Waals surface area contributed by atoms with Crippen LogP contribution in [0.2, 0.25) is 0 Å². The summed E-state index contributed by atoms with van der Waals surface area (Å²) in [5.41, 5.74) is 0.660. The van der Waals surface area contributed by atoms with Gasteiger partial charge in [-0.15, -0.1) is 0 Å². The van der Waals surface area contributed by atoms with E-state index in [2.05, 4.69) is 0 Å². The molecule has 1 unspecified atom stereocenters. The van der Waals surface area contributed by atoms with Crippen LogP contribution < -0.4 is 5.46 Å². The zero-order valence-electron chi connectivity index (χ0n) is 6.60. The van der Waals surface area contributed by atoms with Crippen LogP contribution in [0.5, 0.6) is 0 Å². The van der Waals surface area contributed by atoms with Crippen molar-refractivity contribution in [2.24, 2.45) is 0 Å². The molecular formula is C7H9BO3S. The van der Waals surface area contributed by atoms with E-state index in [4.69, 9.17) is 7.85 Å². The maximum Gasteiger partial charge on any atom is -0.870 e. The summed E-state index contributed by atoms with van der Waals surface area (Å²) in [7, 11) is 5.46. The molecule has 0 spiro atoms. The molecule has 5 heteroatoms. The average molecular weight is 184 g/mol. The quantitative estimate of drug-likeness (QED) is 0.449. The second kappa shape index (κ2) is 6.08. The van der Waals surface area contributed by atoms with Crippen molar-refractivity contribution in [1.29, 1.82) is 0 Å². The smallest absolute Gasteiger partial charge is 0.870 e. The van der Waals surface area contributed by atoms with Crippen molar-refractivity contribution in [1.82, 2.24) is 0 Å². The van der Waals surface area contributed by atoms with Crippen LogP contribution in [0, 0.1) is 0 Å². The minimum absolute atomic E-state index is 0. The van der Waals surface area contributed by atoms with E-state index in [-0.39, 0.29) is 11.0 Å². The Labute approximate surface area is 76.0 Å². The summed E-state index contributed by atoms with van der Waals surface area (Å²) in [4.78, 5) is 0.778. The Morgan fingerprint density at radius 2 is 1.92 bits per heavy atom. The standard InChI is InChI=1S/C7H7BOS.2H2O/c1-10(9)7-4-2-3-6(8)5-7;;/h2-5H,1H3;2*1H2/q+2;;/p-2. The predicted molar refractivity (Wildman–Crippen MR) is 48.0 cm³/mol. The molecule has 12 heavy (non-hydrogen) atoms. The first-order chi connectivity index (χ1) is 4.70. The zero-order valence-corrected chi connectivity index (χ0v) is 7.41. The van der Waals surface area contributed by atoms with Gasteiger partial charge in [-0.3, -0.25) is 0 Å². The minimum atomic E-state index is -0.919.